The molecule has 0 bridgehead atoms. The van der Waals surface area contributed by atoms with E-state index in [-0.39, 0.29) is 30.3 Å². The van der Waals surface area contributed by atoms with Gasteiger partial charge < -0.3 is 10.1 Å². The van der Waals surface area contributed by atoms with Gasteiger partial charge in [0, 0.05) is 17.7 Å². The van der Waals surface area contributed by atoms with Gasteiger partial charge in [-0.25, -0.2) is 0 Å². The van der Waals surface area contributed by atoms with Crippen molar-refractivity contribution in [3.63, 3.8) is 0 Å². The van der Waals surface area contributed by atoms with Crippen molar-refractivity contribution in [2.75, 3.05) is 11.6 Å². The molecule has 2 atom stereocenters. The number of cyclic esters (lactones) is 2. The van der Waals surface area contributed by atoms with Crippen LogP contribution in [0, 0.1) is 5.92 Å². The first-order valence-electron chi connectivity index (χ1n) is 3.83. The summed E-state index contributed by atoms with van der Waals surface area (Å²) in [7, 11) is 0. The van der Waals surface area contributed by atoms with Gasteiger partial charge in [-0.1, -0.05) is 0 Å². The fraction of sp³-hybridized carbons (Fsp3) is 0.714. The SMILES string of the molecule is O=C1CC(C2CSCN2)C(=O)O1. The van der Waals surface area contributed by atoms with Gasteiger partial charge in [0.25, 0.3) is 0 Å². The maximum absolute atomic E-state index is 11.1. The summed E-state index contributed by atoms with van der Waals surface area (Å²) in [6, 6.07) is 0.133. The fourth-order valence-corrected chi connectivity index (χ4v) is 2.52. The molecule has 0 radical (unpaired) electrons. The summed E-state index contributed by atoms with van der Waals surface area (Å²) in [5.41, 5.74) is 0. The fourth-order valence-electron chi connectivity index (χ4n) is 1.47. The van der Waals surface area contributed by atoms with E-state index < -0.39 is 0 Å². The van der Waals surface area contributed by atoms with Crippen molar-refractivity contribution in [1.29, 1.82) is 0 Å². The Morgan fingerprint density at radius 2 is 2.33 bits per heavy atom. The van der Waals surface area contributed by atoms with E-state index in [0.29, 0.717) is 0 Å². The molecule has 2 heterocycles. The standard InChI is InChI=1S/C7H9NO3S/c9-6-1-4(7(10)11-6)5-2-12-3-8-5/h4-5,8H,1-3H2. The molecule has 0 spiro atoms. The van der Waals surface area contributed by atoms with E-state index in [1.165, 1.54) is 0 Å². The van der Waals surface area contributed by atoms with Gasteiger partial charge in [0.2, 0.25) is 0 Å². The Morgan fingerprint density at radius 1 is 1.50 bits per heavy atom. The van der Waals surface area contributed by atoms with Crippen LogP contribution in [0.1, 0.15) is 6.42 Å². The predicted octanol–water partition coefficient (Wildman–Crippen LogP) is -0.261. The first-order chi connectivity index (χ1) is 5.77. The largest absolute Gasteiger partial charge is 0.393 e. The number of hydrogen-bond acceptors (Lipinski definition) is 5. The highest BCUT2D eigenvalue weighted by Gasteiger charge is 2.40. The van der Waals surface area contributed by atoms with Gasteiger partial charge >= 0.3 is 11.9 Å². The van der Waals surface area contributed by atoms with Crippen molar-refractivity contribution >= 4 is 23.7 Å². The van der Waals surface area contributed by atoms with Gasteiger partial charge in [-0.3, -0.25) is 9.59 Å². The highest BCUT2D eigenvalue weighted by Crippen LogP contribution is 2.25. The Kier molecular flexibility index (Phi) is 2.06. The van der Waals surface area contributed by atoms with Crippen molar-refractivity contribution in [2.24, 2.45) is 5.92 Å². The molecule has 2 rings (SSSR count). The Bertz CT molecular complexity index is 225. The number of rotatable bonds is 1. The number of carbonyl (C=O) groups is 2. The van der Waals surface area contributed by atoms with Gasteiger partial charge in [-0.05, 0) is 0 Å². The van der Waals surface area contributed by atoms with Crippen LogP contribution in [0.5, 0.6) is 0 Å². The average molecular weight is 187 g/mol. The van der Waals surface area contributed by atoms with Gasteiger partial charge in [0.05, 0.1) is 12.3 Å². The summed E-state index contributed by atoms with van der Waals surface area (Å²) in [6.07, 6.45) is 0.247. The third kappa shape index (κ3) is 1.34. The maximum atomic E-state index is 11.1. The van der Waals surface area contributed by atoms with Gasteiger partial charge in [0.1, 0.15) is 0 Å². The smallest absolute Gasteiger partial charge is 0.318 e. The molecule has 4 nitrogen and oxygen atoms in total. The Hall–Kier alpha value is -0.550. The lowest BCUT2D eigenvalue weighted by molar-refractivity contribution is -0.153. The molecule has 2 aliphatic heterocycles. The first kappa shape index (κ1) is 8.07. The lowest BCUT2D eigenvalue weighted by Crippen LogP contribution is -2.35. The highest BCUT2D eigenvalue weighted by atomic mass is 32.2. The molecule has 66 valence electrons. The zero-order valence-corrected chi connectivity index (χ0v) is 7.23. The minimum atomic E-state index is -0.385. The van der Waals surface area contributed by atoms with Crippen molar-refractivity contribution < 1.29 is 14.3 Å². The number of nitrogens with one attached hydrogen (secondary N) is 1. The molecule has 2 aliphatic rings. The summed E-state index contributed by atoms with van der Waals surface area (Å²) >= 11 is 1.74. The van der Waals surface area contributed by atoms with Crippen LogP contribution in [0.15, 0.2) is 0 Å². The van der Waals surface area contributed by atoms with Crippen LogP contribution in [0.4, 0.5) is 0 Å². The normalized spacial score (nSPS) is 35.7. The minimum absolute atomic E-state index is 0.133. The zero-order valence-electron chi connectivity index (χ0n) is 6.41. The number of hydrogen-bond donors (Lipinski definition) is 1. The third-order valence-corrected chi connectivity index (χ3v) is 3.10. The molecule has 0 amide bonds. The second-order valence-corrected chi connectivity index (χ2v) is 3.96. The maximum Gasteiger partial charge on any atom is 0.318 e. The summed E-state index contributed by atoms with van der Waals surface area (Å²) in [6.45, 7) is 0. The molecule has 0 aromatic rings. The van der Waals surface area contributed by atoms with Crippen LogP contribution in [-0.4, -0.2) is 29.6 Å². The lowest BCUT2D eigenvalue weighted by atomic mass is 10.0. The van der Waals surface area contributed by atoms with E-state index in [4.69, 9.17) is 0 Å². The molecule has 0 aromatic heterocycles. The van der Waals surface area contributed by atoms with E-state index >= 15 is 0 Å². The molecule has 0 aliphatic carbocycles. The van der Waals surface area contributed by atoms with Crippen LogP contribution in [0.2, 0.25) is 0 Å². The van der Waals surface area contributed by atoms with Crippen LogP contribution in [-0.2, 0) is 14.3 Å². The van der Waals surface area contributed by atoms with Crippen LogP contribution in [0.25, 0.3) is 0 Å². The predicted molar refractivity (Wildman–Crippen MR) is 43.5 cm³/mol. The van der Waals surface area contributed by atoms with Gasteiger partial charge in [0.15, 0.2) is 0 Å². The number of thioether (sulfide) groups is 1. The molecule has 0 saturated carbocycles. The molecule has 5 heteroatoms. The number of esters is 2. The second kappa shape index (κ2) is 3.06. The number of carbonyl (C=O) groups excluding carboxylic acids is 2. The third-order valence-electron chi connectivity index (χ3n) is 2.13. The monoisotopic (exact) mass is 187 g/mol. The Labute approximate surface area is 74.0 Å². The topological polar surface area (TPSA) is 55.4 Å². The second-order valence-electron chi connectivity index (χ2n) is 2.93. The Morgan fingerprint density at radius 3 is 2.83 bits per heavy atom. The average Bonchev–Trinajstić information content (AvgIpc) is 2.58. The quantitative estimate of drug-likeness (QED) is 0.452. The van der Waals surface area contributed by atoms with Crippen LogP contribution in [0.3, 0.4) is 0 Å². The number of ether oxygens (including phenoxy) is 1. The zero-order chi connectivity index (χ0) is 8.55. The summed E-state index contributed by atoms with van der Waals surface area (Å²) in [4.78, 5) is 21.8. The molecule has 2 saturated heterocycles. The Balaban J connectivity index is 2.03. The van der Waals surface area contributed by atoms with E-state index in [2.05, 4.69) is 10.1 Å². The summed E-state index contributed by atoms with van der Waals surface area (Å²) in [5, 5.41) is 3.16. The summed E-state index contributed by atoms with van der Waals surface area (Å²) in [5.74, 6) is 0.770. The molecular weight excluding hydrogens is 178 g/mol. The molecule has 0 aromatic carbocycles. The van der Waals surface area contributed by atoms with E-state index in [1.54, 1.807) is 11.8 Å². The molecular formula is C7H9NO3S. The molecule has 2 unspecified atom stereocenters. The lowest BCUT2D eigenvalue weighted by Gasteiger charge is -2.11. The van der Waals surface area contributed by atoms with Crippen molar-refractivity contribution in [3.8, 4) is 0 Å². The molecule has 2 fully saturated rings. The first-order valence-corrected chi connectivity index (χ1v) is 4.98. The van der Waals surface area contributed by atoms with E-state index in [9.17, 15) is 9.59 Å². The highest BCUT2D eigenvalue weighted by molar-refractivity contribution is 7.99. The van der Waals surface area contributed by atoms with Crippen molar-refractivity contribution in [1.82, 2.24) is 5.32 Å². The van der Waals surface area contributed by atoms with Crippen molar-refractivity contribution in [3.05, 3.63) is 0 Å². The van der Waals surface area contributed by atoms with Gasteiger partial charge in [-0.15, -0.1) is 11.8 Å². The minimum Gasteiger partial charge on any atom is -0.393 e. The van der Waals surface area contributed by atoms with Crippen LogP contribution >= 0.6 is 11.8 Å². The van der Waals surface area contributed by atoms with E-state index in [0.717, 1.165) is 11.6 Å². The van der Waals surface area contributed by atoms with Crippen molar-refractivity contribution in [2.45, 2.75) is 12.5 Å². The molecule has 12 heavy (non-hydrogen) atoms. The van der Waals surface area contributed by atoms with Gasteiger partial charge in [-0.2, -0.15) is 0 Å². The van der Waals surface area contributed by atoms with Crippen LogP contribution < -0.4 is 5.32 Å². The molecule has 1 N–H and O–H groups in total. The summed E-state index contributed by atoms with van der Waals surface area (Å²) < 4.78 is 4.46. The van der Waals surface area contributed by atoms with E-state index in [1.807, 2.05) is 0 Å².